The first kappa shape index (κ1) is 25.0. The standard InChI is InChI=1S/C22H17F8N5OS/c23-15-8-16-17(35-11-32-10-19(35)20(31)33-16)7-14(15)21(36)34-6-5-22(24,25)9-18(34)12-1-3-13(4-2-12)37(26,27,28,29)30/h1-4,7-8,10-11,18H,5-6,9H2,(H2,31,33)/t18-/m1/s1. The average Bonchev–Trinajstić information content (AvgIpc) is 3.27. The van der Waals surface area contributed by atoms with Crippen LogP contribution in [0.3, 0.4) is 0 Å². The highest BCUT2D eigenvalue weighted by molar-refractivity contribution is 8.45. The summed E-state index contributed by atoms with van der Waals surface area (Å²) in [6, 6.07) is 2.01. The molecular formula is C22H17F8N5OS. The summed E-state index contributed by atoms with van der Waals surface area (Å²) in [6.07, 6.45) is 0.976. The van der Waals surface area contributed by atoms with Crippen molar-refractivity contribution in [3.8, 4) is 0 Å². The maximum Gasteiger partial charge on any atom is 0.310 e. The third-order valence-corrected chi connectivity index (χ3v) is 7.42. The number of hydrogen-bond donors (Lipinski definition) is 1. The topological polar surface area (TPSA) is 76.5 Å². The van der Waals surface area contributed by atoms with E-state index in [1.165, 1.54) is 16.9 Å². The molecule has 1 amide bonds. The molecule has 0 spiro atoms. The van der Waals surface area contributed by atoms with Gasteiger partial charge in [-0.3, -0.25) is 9.20 Å². The number of anilines is 1. The molecular weight excluding hydrogens is 534 g/mol. The second-order valence-electron chi connectivity index (χ2n) is 8.83. The molecule has 0 saturated carbocycles. The lowest BCUT2D eigenvalue weighted by Crippen LogP contribution is -2.45. The number of amides is 1. The van der Waals surface area contributed by atoms with Crippen molar-refractivity contribution in [3.05, 3.63) is 65.9 Å². The summed E-state index contributed by atoms with van der Waals surface area (Å²) in [7, 11) is -10.00. The normalized spacial score (nSPS) is 20.1. The van der Waals surface area contributed by atoms with Crippen molar-refractivity contribution in [1.29, 1.82) is 0 Å². The van der Waals surface area contributed by atoms with E-state index in [9.17, 15) is 33.0 Å². The Bertz CT molecular complexity index is 1570. The van der Waals surface area contributed by atoms with Crippen LogP contribution in [0.15, 0.2) is 53.8 Å². The first-order valence-corrected chi connectivity index (χ1v) is 12.6. The van der Waals surface area contributed by atoms with Crippen molar-refractivity contribution in [2.45, 2.75) is 29.7 Å². The second-order valence-corrected chi connectivity index (χ2v) is 11.2. The summed E-state index contributed by atoms with van der Waals surface area (Å²) >= 11 is 0. The number of carbonyl (C=O) groups is 1. The van der Waals surface area contributed by atoms with Gasteiger partial charge in [0.2, 0.25) is 0 Å². The number of rotatable bonds is 3. The highest BCUT2D eigenvalue weighted by Gasteiger charge is 2.65. The number of piperidine rings is 1. The molecule has 2 aromatic heterocycles. The number of imidazole rings is 1. The number of carbonyl (C=O) groups excluding carboxylic acids is 1. The molecule has 3 heterocycles. The van der Waals surface area contributed by atoms with E-state index >= 15 is 4.39 Å². The third-order valence-electron chi connectivity index (χ3n) is 6.25. The summed E-state index contributed by atoms with van der Waals surface area (Å²) in [4.78, 5) is 20.1. The fourth-order valence-electron chi connectivity index (χ4n) is 4.44. The van der Waals surface area contributed by atoms with Gasteiger partial charge in [-0.25, -0.2) is 23.1 Å². The third kappa shape index (κ3) is 4.51. The van der Waals surface area contributed by atoms with Gasteiger partial charge in [0, 0.05) is 25.5 Å². The molecule has 1 fully saturated rings. The van der Waals surface area contributed by atoms with Crippen molar-refractivity contribution in [2.24, 2.45) is 0 Å². The van der Waals surface area contributed by atoms with Gasteiger partial charge in [0.1, 0.15) is 22.0 Å². The fourth-order valence-corrected chi connectivity index (χ4v) is 5.09. The highest BCUT2D eigenvalue weighted by atomic mass is 32.5. The Morgan fingerprint density at radius 3 is 2.38 bits per heavy atom. The molecule has 15 heteroatoms. The average molecular weight is 551 g/mol. The molecule has 198 valence electrons. The fraction of sp³-hybridized carbons (Fsp3) is 0.227. The van der Waals surface area contributed by atoms with Crippen LogP contribution >= 0.6 is 10.2 Å². The van der Waals surface area contributed by atoms with E-state index in [4.69, 9.17) is 5.73 Å². The minimum Gasteiger partial charge on any atom is -0.382 e. The number of halogens is 8. The second kappa shape index (κ2) is 7.24. The van der Waals surface area contributed by atoms with E-state index < -0.39 is 63.8 Å². The van der Waals surface area contributed by atoms with Crippen molar-refractivity contribution < 1.29 is 37.4 Å². The monoisotopic (exact) mass is 551 g/mol. The molecule has 0 radical (unpaired) electrons. The smallest absolute Gasteiger partial charge is 0.310 e. The largest absolute Gasteiger partial charge is 0.382 e. The van der Waals surface area contributed by atoms with Crippen molar-refractivity contribution in [2.75, 3.05) is 12.3 Å². The Labute approximate surface area is 203 Å². The van der Waals surface area contributed by atoms with Gasteiger partial charge < -0.3 is 10.6 Å². The lowest BCUT2D eigenvalue weighted by molar-refractivity contribution is -0.0708. The number of nitrogens with two attached hydrogens (primary N) is 1. The van der Waals surface area contributed by atoms with E-state index in [0.29, 0.717) is 17.6 Å². The predicted molar refractivity (Wildman–Crippen MR) is 121 cm³/mol. The highest BCUT2D eigenvalue weighted by Crippen LogP contribution is 3.02. The lowest BCUT2D eigenvalue weighted by atomic mass is 9.92. The molecule has 1 aliphatic heterocycles. The van der Waals surface area contributed by atoms with Crippen LogP contribution in [0.4, 0.5) is 38.4 Å². The van der Waals surface area contributed by atoms with E-state index in [1.54, 1.807) is 0 Å². The number of hydrogen-bond acceptors (Lipinski definition) is 4. The minimum atomic E-state index is -10.00. The van der Waals surface area contributed by atoms with E-state index in [1.807, 2.05) is 0 Å². The molecule has 1 atom stereocenters. The molecule has 1 aliphatic rings. The molecule has 0 aliphatic carbocycles. The number of nitrogens with zero attached hydrogens (tertiary/aromatic N) is 4. The van der Waals surface area contributed by atoms with Crippen LogP contribution in [0, 0.1) is 5.82 Å². The van der Waals surface area contributed by atoms with Gasteiger partial charge in [-0.05, 0) is 23.8 Å². The van der Waals surface area contributed by atoms with E-state index in [-0.39, 0.29) is 34.5 Å². The van der Waals surface area contributed by atoms with Gasteiger partial charge in [-0.15, -0.1) is 0 Å². The van der Waals surface area contributed by atoms with Gasteiger partial charge in [0.15, 0.2) is 0 Å². The molecule has 2 N–H and O–H groups in total. The van der Waals surface area contributed by atoms with Crippen LogP contribution in [-0.2, 0) is 0 Å². The van der Waals surface area contributed by atoms with Crippen LogP contribution in [-0.4, -0.2) is 37.6 Å². The molecule has 5 rings (SSSR count). The Balaban J connectivity index is 1.57. The first-order chi connectivity index (χ1) is 16.9. The lowest BCUT2D eigenvalue weighted by Gasteiger charge is -2.42. The van der Waals surface area contributed by atoms with Crippen LogP contribution in [0.25, 0.3) is 16.6 Å². The predicted octanol–water partition coefficient (Wildman–Crippen LogP) is 6.87. The van der Waals surface area contributed by atoms with Crippen molar-refractivity contribution in [3.63, 3.8) is 0 Å². The van der Waals surface area contributed by atoms with E-state index in [2.05, 4.69) is 9.97 Å². The Kier molecular flexibility index (Phi) is 4.90. The minimum absolute atomic E-state index is 0.0526. The van der Waals surface area contributed by atoms with Gasteiger partial charge in [0.05, 0.1) is 35.2 Å². The van der Waals surface area contributed by atoms with Gasteiger partial charge in [-0.1, -0.05) is 31.6 Å². The molecule has 2 aromatic carbocycles. The molecule has 1 saturated heterocycles. The van der Waals surface area contributed by atoms with E-state index in [0.717, 1.165) is 17.0 Å². The van der Waals surface area contributed by atoms with Crippen molar-refractivity contribution in [1.82, 2.24) is 19.3 Å². The van der Waals surface area contributed by atoms with Crippen LogP contribution < -0.4 is 5.73 Å². The zero-order valence-corrected chi connectivity index (χ0v) is 19.3. The van der Waals surface area contributed by atoms with Gasteiger partial charge in [0.25, 0.3) is 11.8 Å². The Morgan fingerprint density at radius 2 is 1.73 bits per heavy atom. The van der Waals surface area contributed by atoms with Gasteiger partial charge >= 0.3 is 10.2 Å². The molecule has 0 unspecified atom stereocenters. The summed E-state index contributed by atoms with van der Waals surface area (Å²) in [5.41, 5.74) is 5.80. The Hall–Kier alpha value is -3.62. The molecule has 6 nitrogen and oxygen atoms in total. The number of fused-ring (bicyclic) bond motifs is 3. The molecule has 0 bridgehead atoms. The summed E-state index contributed by atoms with van der Waals surface area (Å²) in [5.74, 6) is -5.29. The maximum absolute atomic E-state index is 15.0. The Morgan fingerprint density at radius 1 is 1.05 bits per heavy atom. The van der Waals surface area contributed by atoms with Crippen LogP contribution in [0.1, 0.15) is 34.8 Å². The zero-order chi connectivity index (χ0) is 27.0. The van der Waals surface area contributed by atoms with Gasteiger partial charge in [-0.2, -0.15) is 0 Å². The van der Waals surface area contributed by atoms with Crippen LogP contribution in [0.5, 0.6) is 0 Å². The summed E-state index contributed by atoms with van der Waals surface area (Å²) in [5, 5.41) is 0. The number of benzene rings is 2. The number of alkyl halides is 2. The van der Waals surface area contributed by atoms with Crippen LogP contribution in [0.2, 0.25) is 0 Å². The maximum atomic E-state index is 15.0. The number of likely N-dealkylation sites (tertiary alicyclic amines) is 1. The molecule has 37 heavy (non-hydrogen) atoms. The zero-order valence-electron chi connectivity index (χ0n) is 18.5. The number of nitrogen functional groups attached to an aromatic ring is 1. The summed E-state index contributed by atoms with van der Waals surface area (Å²) < 4.78 is 111. The van der Waals surface area contributed by atoms with Crippen molar-refractivity contribution >= 4 is 38.5 Å². The summed E-state index contributed by atoms with van der Waals surface area (Å²) in [6.45, 7) is -0.558. The quantitative estimate of drug-likeness (QED) is 0.282. The first-order valence-electron chi connectivity index (χ1n) is 10.7. The number of aromatic nitrogens is 3. The SMILES string of the molecule is Nc1nc2cc(F)c(C(=O)N3CCC(F)(F)C[C@@H]3c3ccc(S(F)(F)(F)(F)F)cc3)cc2n2cncc12. The molecule has 4 aromatic rings.